The standard InChI is InChI=1S/C12H21NO3/c1-9(2)10-5-4-8-13(10)11(14)6-3-7-12(15)16/h9-10H,3-8H2,1-2H3,(H,15,16). The lowest BCUT2D eigenvalue weighted by atomic mass is 10.0. The zero-order valence-corrected chi connectivity index (χ0v) is 10.1. The molecule has 1 unspecified atom stereocenters. The molecule has 1 heterocycles. The molecule has 4 heteroatoms. The van der Waals surface area contributed by atoms with Gasteiger partial charge in [0.2, 0.25) is 5.91 Å². The number of carboxylic acids is 1. The van der Waals surface area contributed by atoms with Crippen LogP contribution in [0.3, 0.4) is 0 Å². The lowest BCUT2D eigenvalue weighted by Gasteiger charge is -2.27. The lowest BCUT2D eigenvalue weighted by molar-refractivity contribution is -0.137. The van der Waals surface area contributed by atoms with Crippen molar-refractivity contribution in [2.75, 3.05) is 6.54 Å². The summed E-state index contributed by atoms with van der Waals surface area (Å²) >= 11 is 0. The fourth-order valence-electron chi connectivity index (χ4n) is 2.33. The molecular weight excluding hydrogens is 206 g/mol. The zero-order valence-electron chi connectivity index (χ0n) is 10.1. The van der Waals surface area contributed by atoms with Crippen molar-refractivity contribution in [2.45, 2.75) is 52.0 Å². The van der Waals surface area contributed by atoms with Crippen LogP contribution in [0.5, 0.6) is 0 Å². The van der Waals surface area contributed by atoms with Gasteiger partial charge < -0.3 is 10.0 Å². The Kier molecular flexibility index (Phi) is 4.77. The summed E-state index contributed by atoms with van der Waals surface area (Å²) < 4.78 is 0. The number of amides is 1. The largest absolute Gasteiger partial charge is 0.481 e. The number of carbonyl (C=O) groups is 2. The molecule has 0 aromatic rings. The van der Waals surface area contributed by atoms with Crippen molar-refractivity contribution in [3.63, 3.8) is 0 Å². The molecule has 1 N–H and O–H groups in total. The van der Waals surface area contributed by atoms with E-state index in [1.54, 1.807) is 0 Å². The maximum absolute atomic E-state index is 11.9. The van der Waals surface area contributed by atoms with E-state index in [4.69, 9.17) is 5.11 Å². The fraction of sp³-hybridized carbons (Fsp3) is 0.833. The number of aliphatic carboxylic acids is 1. The van der Waals surface area contributed by atoms with Gasteiger partial charge in [-0.15, -0.1) is 0 Å². The van der Waals surface area contributed by atoms with E-state index in [1.807, 2.05) is 4.90 Å². The molecule has 1 saturated heterocycles. The highest BCUT2D eigenvalue weighted by molar-refractivity contribution is 5.77. The third kappa shape index (κ3) is 3.51. The number of nitrogens with zero attached hydrogens (tertiary/aromatic N) is 1. The van der Waals surface area contributed by atoms with E-state index in [9.17, 15) is 9.59 Å². The van der Waals surface area contributed by atoms with Crippen LogP contribution >= 0.6 is 0 Å². The van der Waals surface area contributed by atoms with Crippen LogP contribution in [0, 0.1) is 5.92 Å². The smallest absolute Gasteiger partial charge is 0.303 e. The van der Waals surface area contributed by atoms with Crippen LogP contribution in [0.1, 0.15) is 46.0 Å². The van der Waals surface area contributed by atoms with Crippen LogP contribution in [-0.4, -0.2) is 34.5 Å². The van der Waals surface area contributed by atoms with Crippen molar-refractivity contribution in [2.24, 2.45) is 5.92 Å². The van der Waals surface area contributed by atoms with E-state index < -0.39 is 5.97 Å². The Morgan fingerprint density at radius 3 is 2.62 bits per heavy atom. The van der Waals surface area contributed by atoms with Gasteiger partial charge in [0, 0.05) is 25.4 Å². The van der Waals surface area contributed by atoms with Gasteiger partial charge in [0.15, 0.2) is 0 Å². The molecule has 92 valence electrons. The summed E-state index contributed by atoms with van der Waals surface area (Å²) in [5.41, 5.74) is 0. The minimum atomic E-state index is -0.824. The second-order valence-electron chi connectivity index (χ2n) is 4.79. The van der Waals surface area contributed by atoms with Gasteiger partial charge in [-0.1, -0.05) is 13.8 Å². The van der Waals surface area contributed by atoms with E-state index in [2.05, 4.69) is 13.8 Å². The maximum Gasteiger partial charge on any atom is 0.303 e. The number of hydrogen-bond acceptors (Lipinski definition) is 2. The molecule has 0 spiro atoms. The Morgan fingerprint density at radius 2 is 2.06 bits per heavy atom. The predicted molar refractivity (Wildman–Crippen MR) is 61.1 cm³/mol. The molecule has 1 atom stereocenters. The van der Waals surface area contributed by atoms with Crippen molar-refractivity contribution >= 4 is 11.9 Å². The highest BCUT2D eigenvalue weighted by Gasteiger charge is 2.30. The minimum Gasteiger partial charge on any atom is -0.481 e. The first-order chi connectivity index (χ1) is 7.52. The summed E-state index contributed by atoms with van der Waals surface area (Å²) in [7, 11) is 0. The molecule has 0 aromatic carbocycles. The summed E-state index contributed by atoms with van der Waals surface area (Å²) in [6.45, 7) is 5.11. The normalized spacial score (nSPS) is 20.4. The molecule has 4 nitrogen and oxygen atoms in total. The Labute approximate surface area is 96.6 Å². The van der Waals surface area contributed by atoms with Crippen LogP contribution in [0.2, 0.25) is 0 Å². The van der Waals surface area contributed by atoms with Gasteiger partial charge >= 0.3 is 5.97 Å². The minimum absolute atomic E-state index is 0.0892. The van der Waals surface area contributed by atoms with Gasteiger partial charge in [-0.3, -0.25) is 9.59 Å². The Morgan fingerprint density at radius 1 is 1.38 bits per heavy atom. The maximum atomic E-state index is 11.9. The SMILES string of the molecule is CC(C)C1CCCN1C(=O)CCCC(=O)O. The predicted octanol–water partition coefficient (Wildman–Crippen LogP) is 1.89. The summed E-state index contributed by atoms with van der Waals surface area (Å²) in [6.07, 6.45) is 3.08. The quantitative estimate of drug-likeness (QED) is 0.780. The number of rotatable bonds is 5. The van der Waals surface area contributed by atoms with Gasteiger partial charge in [0.05, 0.1) is 0 Å². The summed E-state index contributed by atoms with van der Waals surface area (Å²) in [5.74, 6) is -0.210. The highest BCUT2D eigenvalue weighted by atomic mass is 16.4. The van der Waals surface area contributed by atoms with Crippen molar-refractivity contribution in [1.29, 1.82) is 0 Å². The van der Waals surface area contributed by atoms with Gasteiger partial charge in [0.25, 0.3) is 0 Å². The second-order valence-corrected chi connectivity index (χ2v) is 4.79. The van der Waals surface area contributed by atoms with Crippen LogP contribution < -0.4 is 0 Å². The summed E-state index contributed by atoms with van der Waals surface area (Å²) in [6, 6.07) is 0.359. The van der Waals surface area contributed by atoms with Crippen LogP contribution in [0.4, 0.5) is 0 Å². The van der Waals surface area contributed by atoms with Crippen molar-refractivity contribution in [3.8, 4) is 0 Å². The molecule has 0 radical (unpaired) electrons. The average Bonchev–Trinajstić information content (AvgIpc) is 2.65. The topological polar surface area (TPSA) is 57.6 Å². The Hall–Kier alpha value is -1.06. The third-order valence-corrected chi connectivity index (χ3v) is 3.17. The van der Waals surface area contributed by atoms with Crippen LogP contribution in [-0.2, 0) is 9.59 Å². The first-order valence-electron chi connectivity index (χ1n) is 6.03. The third-order valence-electron chi connectivity index (χ3n) is 3.17. The molecule has 1 rings (SSSR count). The highest BCUT2D eigenvalue weighted by Crippen LogP contribution is 2.24. The van der Waals surface area contributed by atoms with E-state index in [0.717, 1.165) is 19.4 Å². The molecule has 1 aliphatic heterocycles. The van der Waals surface area contributed by atoms with Gasteiger partial charge in [-0.2, -0.15) is 0 Å². The average molecular weight is 227 g/mol. The number of likely N-dealkylation sites (tertiary alicyclic amines) is 1. The van der Waals surface area contributed by atoms with E-state index >= 15 is 0 Å². The molecule has 16 heavy (non-hydrogen) atoms. The molecule has 1 fully saturated rings. The zero-order chi connectivity index (χ0) is 12.1. The summed E-state index contributed by atoms with van der Waals surface area (Å²) in [4.78, 5) is 24.2. The van der Waals surface area contributed by atoms with Gasteiger partial charge in [-0.05, 0) is 25.2 Å². The Balaban J connectivity index is 2.38. The van der Waals surface area contributed by atoms with Gasteiger partial charge in [0.1, 0.15) is 0 Å². The van der Waals surface area contributed by atoms with Gasteiger partial charge in [-0.25, -0.2) is 0 Å². The first kappa shape index (κ1) is 13.0. The van der Waals surface area contributed by atoms with Crippen molar-refractivity contribution in [1.82, 2.24) is 4.90 Å². The first-order valence-corrected chi connectivity index (χ1v) is 6.03. The number of hydrogen-bond donors (Lipinski definition) is 1. The summed E-state index contributed by atoms with van der Waals surface area (Å²) in [5, 5.41) is 8.51. The molecular formula is C12H21NO3. The molecule has 0 bridgehead atoms. The lowest BCUT2D eigenvalue weighted by Crippen LogP contribution is -2.38. The molecule has 0 saturated carbocycles. The fourth-order valence-corrected chi connectivity index (χ4v) is 2.33. The molecule has 1 amide bonds. The van der Waals surface area contributed by atoms with Crippen molar-refractivity contribution in [3.05, 3.63) is 0 Å². The number of carboxylic acid groups (broad SMARTS) is 1. The van der Waals surface area contributed by atoms with E-state index in [1.165, 1.54) is 0 Å². The molecule has 0 aliphatic carbocycles. The van der Waals surface area contributed by atoms with E-state index in [0.29, 0.717) is 24.8 Å². The van der Waals surface area contributed by atoms with Crippen molar-refractivity contribution < 1.29 is 14.7 Å². The molecule has 0 aromatic heterocycles. The number of carbonyl (C=O) groups excluding carboxylic acids is 1. The van der Waals surface area contributed by atoms with Crippen LogP contribution in [0.25, 0.3) is 0 Å². The Bertz CT molecular complexity index is 263. The van der Waals surface area contributed by atoms with Crippen LogP contribution in [0.15, 0.2) is 0 Å². The van der Waals surface area contributed by atoms with E-state index in [-0.39, 0.29) is 12.3 Å². The molecule has 1 aliphatic rings. The second kappa shape index (κ2) is 5.87. The monoisotopic (exact) mass is 227 g/mol.